The number of pyridine rings is 1. The molecule has 0 aliphatic carbocycles. The number of aliphatic hydroxyl groups excluding tert-OH is 1. The topological polar surface area (TPSA) is 80.9 Å². The van der Waals surface area contributed by atoms with Crippen molar-refractivity contribution in [1.82, 2.24) is 4.57 Å². The van der Waals surface area contributed by atoms with Crippen LogP contribution in [0.4, 0.5) is 13.2 Å². The van der Waals surface area contributed by atoms with E-state index >= 15 is 0 Å². The van der Waals surface area contributed by atoms with Crippen LogP contribution in [0.1, 0.15) is 24.3 Å². The Morgan fingerprint density at radius 1 is 1.00 bits per heavy atom. The maximum Gasteiger partial charge on any atom is 0.417 e. The van der Waals surface area contributed by atoms with Crippen LogP contribution in [0.25, 0.3) is 16.8 Å². The quantitative estimate of drug-likeness (QED) is 0.625. The van der Waals surface area contributed by atoms with Gasteiger partial charge < -0.3 is 24.3 Å². The third kappa shape index (κ3) is 4.22. The third-order valence-electron chi connectivity index (χ3n) is 4.77. The van der Waals surface area contributed by atoms with Gasteiger partial charge in [0.1, 0.15) is 11.5 Å². The normalized spacial score (nSPS) is 12.5. The molecule has 9 heteroatoms. The van der Waals surface area contributed by atoms with Gasteiger partial charge in [0.2, 0.25) is 5.43 Å². The van der Waals surface area contributed by atoms with Crippen LogP contribution in [0.3, 0.4) is 0 Å². The maximum atomic E-state index is 13.6. The number of ether oxygens (including phenoxy) is 2. The number of methoxy groups -OCH3 is 2. The zero-order chi connectivity index (χ0) is 22.9. The van der Waals surface area contributed by atoms with Crippen LogP contribution in [-0.2, 0) is 6.18 Å². The first kappa shape index (κ1) is 22.2. The van der Waals surface area contributed by atoms with Gasteiger partial charge in [0.15, 0.2) is 5.75 Å². The number of halogens is 3. The number of aromatic hydroxyl groups is 1. The molecule has 1 aromatic heterocycles. The predicted octanol–water partition coefficient (Wildman–Crippen LogP) is 4.30. The Kier molecular flexibility index (Phi) is 5.99. The number of hydrogen-bond acceptors (Lipinski definition) is 5. The summed E-state index contributed by atoms with van der Waals surface area (Å²) in [4.78, 5) is 11.9. The van der Waals surface area contributed by atoms with Crippen molar-refractivity contribution in [3.63, 3.8) is 0 Å². The summed E-state index contributed by atoms with van der Waals surface area (Å²) in [6, 6.07) is 8.87. The lowest BCUT2D eigenvalue weighted by Gasteiger charge is -2.22. The van der Waals surface area contributed by atoms with Gasteiger partial charge in [-0.2, -0.15) is 13.2 Å². The van der Waals surface area contributed by atoms with Crippen LogP contribution in [0.2, 0.25) is 0 Å². The van der Waals surface area contributed by atoms with Crippen LogP contribution in [0, 0.1) is 0 Å². The van der Waals surface area contributed by atoms with Crippen LogP contribution < -0.4 is 14.9 Å². The van der Waals surface area contributed by atoms with E-state index in [0.29, 0.717) is 0 Å². The van der Waals surface area contributed by atoms with E-state index in [1.165, 1.54) is 56.0 Å². The molecule has 1 unspecified atom stereocenters. The molecule has 3 rings (SSSR count). The molecule has 0 aliphatic rings. The van der Waals surface area contributed by atoms with Gasteiger partial charge in [-0.25, -0.2) is 0 Å². The molecule has 0 amide bonds. The van der Waals surface area contributed by atoms with Crippen LogP contribution >= 0.6 is 0 Å². The molecule has 1 atom stereocenters. The van der Waals surface area contributed by atoms with Crippen molar-refractivity contribution in [3.8, 4) is 34.1 Å². The molecule has 0 saturated carbocycles. The zero-order valence-electron chi connectivity index (χ0n) is 16.9. The van der Waals surface area contributed by atoms with Gasteiger partial charge in [0.25, 0.3) is 0 Å². The average Bonchev–Trinajstić information content (AvgIpc) is 2.73. The molecule has 1 heterocycles. The second-order valence-corrected chi connectivity index (χ2v) is 6.76. The molecule has 0 saturated heterocycles. The molecular weight excluding hydrogens is 415 g/mol. The molecule has 164 valence electrons. The summed E-state index contributed by atoms with van der Waals surface area (Å²) in [6.45, 7) is 1.41. The summed E-state index contributed by atoms with van der Waals surface area (Å²) in [6.07, 6.45) is -4.65. The maximum absolute atomic E-state index is 13.6. The first-order chi connectivity index (χ1) is 14.6. The first-order valence-electron chi connectivity index (χ1n) is 9.15. The number of benzene rings is 2. The third-order valence-corrected chi connectivity index (χ3v) is 4.77. The number of nitrogens with zero attached hydrogens (tertiary/aromatic N) is 1. The van der Waals surface area contributed by atoms with Crippen molar-refractivity contribution in [1.29, 1.82) is 0 Å². The van der Waals surface area contributed by atoms with E-state index in [9.17, 15) is 28.2 Å². The van der Waals surface area contributed by atoms with Crippen molar-refractivity contribution >= 4 is 0 Å². The number of alkyl halides is 3. The highest BCUT2D eigenvalue weighted by molar-refractivity contribution is 5.78. The van der Waals surface area contributed by atoms with Gasteiger partial charge in [-0.3, -0.25) is 4.79 Å². The van der Waals surface area contributed by atoms with Gasteiger partial charge in [0.05, 0.1) is 43.5 Å². The van der Waals surface area contributed by atoms with E-state index in [-0.39, 0.29) is 34.0 Å². The minimum atomic E-state index is -4.61. The Balaban J connectivity index is 2.40. The van der Waals surface area contributed by atoms with E-state index in [2.05, 4.69) is 0 Å². The zero-order valence-corrected chi connectivity index (χ0v) is 16.9. The second kappa shape index (κ2) is 8.35. The lowest BCUT2D eigenvalue weighted by molar-refractivity contribution is -0.137. The molecule has 31 heavy (non-hydrogen) atoms. The monoisotopic (exact) mass is 435 g/mol. The summed E-state index contributed by atoms with van der Waals surface area (Å²) < 4.78 is 52.9. The van der Waals surface area contributed by atoms with Gasteiger partial charge in [-0.15, -0.1) is 0 Å². The summed E-state index contributed by atoms with van der Waals surface area (Å²) in [5.41, 5.74) is -1.27. The SMILES string of the molecule is COc1cc(OC)c(-n2cc(O)c(=O)cc2C(C)O)cc1-c1ccccc1C(F)(F)F. The van der Waals surface area contributed by atoms with E-state index in [4.69, 9.17) is 9.47 Å². The fourth-order valence-corrected chi connectivity index (χ4v) is 3.31. The van der Waals surface area contributed by atoms with Crippen molar-refractivity contribution in [2.75, 3.05) is 14.2 Å². The molecule has 2 N–H and O–H groups in total. The van der Waals surface area contributed by atoms with Crippen molar-refractivity contribution in [3.05, 3.63) is 70.1 Å². The Hall–Kier alpha value is -3.46. The standard InChI is InChI=1S/C22H20F3NO5/c1-12(27)16-9-18(28)19(29)11-26(16)17-8-14(20(30-2)10-21(17)31-3)13-6-4-5-7-15(13)22(23,24)25/h4-12,27,29H,1-3H3. The molecule has 0 fully saturated rings. The summed E-state index contributed by atoms with van der Waals surface area (Å²) >= 11 is 0. The van der Waals surface area contributed by atoms with Crippen molar-refractivity contribution < 1.29 is 32.9 Å². The first-order valence-corrected chi connectivity index (χ1v) is 9.15. The largest absolute Gasteiger partial charge is 0.503 e. The number of aromatic nitrogens is 1. The lowest BCUT2D eigenvalue weighted by atomic mass is 9.97. The average molecular weight is 435 g/mol. The minimum Gasteiger partial charge on any atom is -0.503 e. The summed E-state index contributed by atoms with van der Waals surface area (Å²) in [5.74, 6) is -0.282. The molecule has 0 aliphatic heterocycles. The highest BCUT2D eigenvalue weighted by atomic mass is 19.4. The van der Waals surface area contributed by atoms with Gasteiger partial charge in [0, 0.05) is 17.7 Å². The van der Waals surface area contributed by atoms with Crippen LogP contribution in [0.15, 0.2) is 53.5 Å². The van der Waals surface area contributed by atoms with Crippen LogP contribution in [0.5, 0.6) is 17.2 Å². The fourth-order valence-electron chi connectivity index (χ4n) is 3.31. The number of rotatable bonds is 5. The minimum absolute atomic E-state index is 0.112. The van der Waals surface area contributed by atoms with Crippen molar-refractivity contribution in [2.24, 2.45) is 0 Å². The molecule has 2 aromatic carbocycles. The number of hydrogen-bond donors (Lipinski definition) is 2. The van der Waals surface area contributed by atoms with Gasteiger partial charge in [-0.05, 0) is 24.6 Å². The van der Waals surface area contributed by atoms with Gasteiger partial charge >= 0.3 is 6.18 Å². The van der Waals surface area contributed by atoms with E-state index in [1.54, 1.807) is 0 Å². The Morgan fingerprint density at radius 3 is 2.23 bits per heavy atom. The fraction of sp³-hybridized carbons (Fsp3) is 0.227. The predicted molar refractivity (Wildman–Crippen MR) is 108 cm³/mol. The second-order valence-electron chi connectivity index (χ2n) is 6.76. The summed E-state index contributed by atoms with van der Waals surface area (Å²) in [7, 11) is 2.67. The van der Waals surface area contributed by atoms with Gasteiger partial charge in [-0.1, -0.05) is 18.2 Å². The Morgan fingerprint density at radius 2 is 1.65 bits per heavy atom. The lowest BCUT2D eigenvalue weighted by Crippen LogP contribution is -2.14. The van der Waals surface area contributed by atoms with Crippen LogP contribution in [-0.4, -0.2) is 29.0 Å². The Labute approximate surface area is 175 Å². The van der Waals surface area contributed by atoms with E-state index < -0.39 is 29.0 Å². The molecule has 0 bridgehead atoms. The van der Waals surface area contributed by atoms with E-state index in [0.717, 1.165) is 18.3 Å². The number of aliphatic hydroxyl groups is 1. The van der Waals surface area contributed by atoms with E-state index in [1.807, 2.05) is 0 Å². The highest BCUT2D eigenvalue weighted by Crippen LogP contribution is 2.43. The smallest absolute Gasteiger partial charge is 0.417 e. The highest BCUT2D eigenvalue weighted by Gasteiger charge is 2.34. The summed E-state index contributed by atoms with van der Waals surface area (Å²) in [5, 5.41) is 20.1. The molecule has 6 nitrogen and oxygen atoms in total. The molecule has 0 spiro atoms. The molecule has 3 aromatic rings. The molecular formula is C22H20F3NO5. The Bertz CT molecular complexity index is 1170. The van der Waals surface area contributed by atoms with Crippen molar-refractivity contribution in [2.45, 2.75) is 19.2 Å². The molecule has 0 radical (unpaired) electrons.